The summed E-state index contributed by atoms with van der Waals surface area (Å²) < 4.78 is 15.1. The maximum absolute atomic E-state index is 12.1. The van der Waals surface area contributed by atoms with Gasteiger partial charge in [0.15, 0.2) is 0 Å². The quantitative estimate of drug-likeness (QED) is 0.846. The SMILES string of the molecule is C[C@@H](N[S@+]([O-])C(C)(C)C)c1ccc(-c2ccccc2)cc1. The van der Waals surface area contributed by atoms with Crippen molar-refractivity contribution in [2.24, 2.45) is 0 Å². The van der Waals surface area contributed by atoms with Gasteiger partial charge in [-0.3, -0.25) is 0 Å². The molecule has 0 heterocycles. The molecule has 2 rings (SSSR count). The molecule has 0 aromatic heterocycles. The van der Waals surface area contributed by atoms with Gasteiger partial charge < -0.3 is 4.55 Å². The first kappa shape index (κ1) is 16.1. The second kappa shape index (κ2) is 6.65. The van der Waals surface area contributed by atoms with Crippen molar-refractivity contribution in [2.45, 2.75) is 38.5 Å². The van der Waals surface area contributed by atoms with Crippen LogP contribution in [0.1, 0.15) is 39.3 Å². The molecule has 0 radical (unpaired) electrons. The fraction of sp³-hybridized carbons (Fsp3) is 0.333. The zero-order valence-corrected chi connectivity index (χ0v) is 13.9. The van der Waals surface area contributed by atoms with E-state index in [0.717, 1.165) is 5.56 Å². The van der Waals surface area contributed by atoms with Crippen molar-refractivity contribution in [1.82, 2.24) is 4.72 Å². The fourth-order valence-electron chi connectivity index (χ4n) is 2.00. The third-order valence-corrected chi connectivity index (χ3v) is 5.04. The fourth-order valence-corrected chi connectivity index (χ4v) is 2.81. The lowest BCUT2D eigenvalue weighted by Crippen LogP contribution is -2.40. The van der Waals surface area contributed by atoms with Crippen molar-refractivity contribution < 1.29 is 4.55 Å². The van der Waals surface area contributed by atoms with E-state index in [1.807, 2.05) is 45.9 Å². The Morgan fingerprint density at radius 2 is 1.43 bits per heavy atom. The minimum Gasteiger partial charge on any atom is -0.598 e. The van der Waals surface area contributed by atoms with Gasteiger partial charge in [0, 0.05) is 11.4 Å². The van der Waals surface area contributed by atoms with Gasteiger partial charge in [-0.2, -0.15) is 0 Å². The van der Waals surface area contributed by atoms with Crippen molar-refractivity contribution in [2.75, 3.05) is 0 Å². The standard InChI is InChI=1S/C18H23NOS/c1-14(19-21(20)18(2,3)4)15-10-12-17(13-11-15)16-8-6-5-7-9-16/h5-14,19H,1-4H3/t14-,21-/m1/s1. The van der Waals surface area contributed by atoms with Crippen molar-refractivity contribution in [1.29, 1.82) is 0 Å². The van der Waals surface area contributed by atoms with Crippen LogP contribution in [-0.2, 0) is 11.4 Å². The molecule has 112 valence electrons. The van der Waals surface area contributed by atoms with Crippen LogP contribution in [0.15, 0.2) is 54.6 Å². The van der Waals surface area contributed by atoms with Gasteiger partial charge in [0.25, 0.3) is 0 Å². The van der Waals surface area contributed by atoms with Crippen LogP contribution in [0.3, 0.4) is 0 Å². The molecule has 2 aromatic rings. The summed E-state index contributed by atoms with van der Waals surface area (Å²) in [6.07, 6.45) is 0. The summed E-state index contributed by atoms with van der Waals surface area (Å²) in [5, 5.41) is 0. The van der Waals surface area contributed by atoms with Crippen molar-refractivity contribution in [3.05, 3.63) is 60.2 Å². The minimum absolute atomic E-state index is 0.0647. The Morgan fingerprint density at radius 3 is 1.95 bits per heavy atom. The molecule has 0 aliphatic rings. The number of rotatable bonds is 4. The summed E-state index contributed by atoms with van der Waals surface area (Å²) in [6, 6.07) is 18.8. The topological polar surface area (TPSA) is 35.1 Å². The van der Waals surface area contributed by atoms with Gasteiger partial charge in [-0.15, -0.1) is 4.72 Å². The number of nitrogens with one attached hydrogen (secondary N) is 1. The summed E-state index contributed by atoms with van der Waals surface area (Å²) in [6.45, 7) is 7.96. The smallest absolute Gasteiger partial charge is 0.136 e. The van der Waals surface area contributed by atoms with E-state index in [0.29, 0.717) is 0 Å². The van der Waals surface area contributed by atoms with Gasteiger partial charge in [0.2, 0.25) is 0 Å². The minimum atomic E-state index is -1.06. The van der Waals surface area contributed by atoms with Gasteiger partial charge in [0.05, 0.1) is 6.04 Å². The number of benzene rings is 2. The van der Waals surface area contributed by atoms with Crippen LogP contribution < -0.4 is 4.72 Å². The average Bonchev–Trinajstić information content (AvgIpc) is 2.47. The molecule has 2 atom stereocenters. The molecular weight excluding hydrogens is 278 g/mol. The molecule has 21 heavy (non-hydrogen) atoms. The normalized spacial score (nSPS) is 14.7. The Labute approximate surface area is 130 Å². The highest BCUT2D eigenvalue weighted by Gasteiger charge is 2.28. The van der Waals surface area contributed by atoms with Gasteiger partial charge in [-0.1, -0.05) is 54.6 Å². The molecule has 2 nitrogen and oxygen atoms in total. The summed E-state index contributed by atoms with van der Waals surface area (Å²) in [5.41, 5.74) is 3.55. The molecule has 0 saturated heterocycles. The highest BCUT2D eigenvalue weighted by molar-refractivity contribution is 7.90. The number of hydrogen-bond donors (Lipinski definition) is 1. The summed E-state index contributed by atoms with van der Waals surface area (Å²) in [4.78, 5) is 0. The lowest BCUT2D eigenvalue weighted by atomic mass is 10.0. The van der Waals surface area contributed by atoms with Crippen molar-refractivity contribution in [3.63, 3.8) is 0 Å². The molecule has 1 N–H and O–H groups in total. The van der Waals surface area contributed by atoms with E-state index in [4.69, 9.17) is 0 Å². The molecule has 0 unspecified atom stereocenters. The van der Waals surface area contributed by atoms with Crippen LogP contribution in [0.4, 0.5) is 0 Å². The van der Waals surface area contributed by atoms with Gasteiger partial charge in [-0.25, -0.2) is 0 Å². The molecule has 0 amide bonds. The Bertz CT molecular complexity index is 560. The third kappa shape index (κ3) is 4.34. The largest absolute Gasteiger partial charge is 0.598 e. The van der Waals surface area contributed by atoms with E-state index < -0.39 is 11.4 Å². The predicted octanol–water partition coefficient (Wildman–Crippen LogP) is 4.47. The lowest BCUT2D eigenvalue weighted by Gasteiger charge is -2.26. The highest BCUT2D eigenvalue weighted by Crippen LogP contribution is 2.23. The second-order valence-corrected chi connectivity index (χ2v) is 8.21. The third-order valence-electron chi connectivity index (χ3n) is 3.36. The Morgan fingerprint density at radius 1 is 0.905 bits per heavy atom. The van der Waals surface area contributed by atoms with Gasteiger partial charge >= 0.3 is 0 Å². The molecule has 0 saturated carbocycles. The van der Waals surface area contributed by atoms with E-state index in [1.165, 1.54) is 11.1 Å². The van der Waals surface area contributed by atoms with Gasteiger partial charge in [0.1, 0.15) is 4.75 Å². The molecule has 0 fully saturated rings. The first-order chi connectivity index (χ1) is 9.88. The number of hydrogen-bond acceptors (Lipinski definition) is 2. The summed E-state index contributed by atoms with van der Waals surface area (Å²) in [5.74, 6) is 0. The molecule has 2 aromatic carbocycles. The van der Waals surface area contributed by atoms with Crippen LogP contribution in [0.25, 0.3) is 11.1 Å². The van der Waals surface area contributed by atoms with Crippen LogP contribution >= 0.6 is 0 Å². The van der Waals surface area contributed by atoms with Crippen LogP contribution in [0.5, 0.6) is 0 Å². The Kier molecular flexibility index (Phi) is 5.09. The maximum Gasteiger partial charge on any atom is 0.136 e. The summed E-state index contributed by atoms with van der Waals surface area (Å²) in [7, 11) is 0. The molecule has 0 aliphatic heterocycles. The molecule has 3 heteroatoms. The van der Waals surface area contributed by atoms with Crippen molar-refractivity contribution >= 4 is 11.4 Å². The van der Waals surface area contributed by atoms with Crippen molar-refractivity contribution in [3.8, 4) is 11.1 Å². The van der Waals surface area contributed by atoms with E-state index in [2.05, 4.69) is 41.1 Å². The van der Waals surface area contributed by atoms with Crippen LogP contribution in [0.2, 0.25) is 0 Å². The van der Waals surface area contributed by atoms with E-state index in [-0.39, 0.29) is 10.8 Å². The van der Waals surface area contributed by atoms with E-state index >= 15 is 0 Å². The maximum atomic E-state index is 12.1. The molecular formula is C18H23NOS. The first-order valence-electron chi connectivity index (χ1n) is 7.21. The molecule has 0 aliphatic carbocycles. The zero-order chi connectivity index (χ0) is 15.5. The Hall–Kier alpha value is -1.29. The predicted molar refractivity (Wildman–Crippen MR) is 91.3 cm³/mol. The first-order valence-corrected chi connectivity index (χ1v) is 8.36. The lowest BCUT2D eigenvalue weighted by molar-refractivity contribution is 0.531. The Balaban J connectivity index is 2.09. The van der Waals surface area contributed by atoms with E-state index in [1.54, 1.807) is 0 Å². The zero-order valence-electron chi connectivity index (χ0n) is 13.1. The summed E-state index contributed by atoms with van der Waals surface area (Å²) >= 11 is -1.06. The van der Waals surface area contributed by atoms with E-state index in [9.17, 15) is 4.55 Å². The highest BCUT2D eigenvalue weighted by atomic mass is 32.2. The monoisotopic (exact) mass is 301 g/mol. The average molecular weight is 301 g/mol. The second-order valence-electron chi connectivity index (χ2n) is 6.21. The van der Waals surface area contributed by atoms with Gasteiger partial charge in [-0.05, 0) is 44.4 Å². The molecule has 0 bridgehead atoms. The van der Waals surface area contributed by atoms with Crippen LogP contribution in [-0.4, -0.2) is 9.30 Å². The van der Waals surface area contributed by atoms with Crippen LogP contribution in [0, 0.1) is 0 Å². The molecule has 0 spiro atoms.